The molecule has 26 heavy (non-hydrogen) atoms. The lowest BCUT2D eigenvalue weighted by atomic mass is 9.86. The Morgan fingerprint density at radius 1 is 1.23 bits per heavy atom. The first-order chi connectivity index (χ1) is 12.6. The zero-order chi connectivity index (χ0) is 18.5. The molecule has 1 aromatic heterocycles. The number of thiazole rings is 1. The highest BCUT2D eigenvalue weighted by atomic mass is 32.1. The lowest BCUT2D eigenvalue weighted by Gasteiger charge is -2.22. The van der Waals surface area contributed by atoms with Crippen molar-refractivity contribution in [3.8, 4) is 22.8 Å². The fraction of sp³-hybridized carbons (Fsp3) is 0.389. The first kappa shape index (κ1) is 18.2. The van der Waals surface area contributed by atoms with Gasteiger partial charge in [-0.1, -0.05) is 6.42 Å². The Bertz CT molecular complexity index is 801. The summed E-state index contributed by atoms with van der Waals surface area (Å²) in [6.07, 6.45) is 2.74. The molecule has 0 bridgehead atoms. The van der Waals surface area contributed by atoms with Crippen LogP contribution < -0.4 is 14.8 Å². The highest BCUT2D eigenvalue weighted by molar-refractivity contribution is 7.14. The minimum Gasteiger partial charge on any atom is -0.493 e. The van der Waals surface area contributed by atoms with Crippen molar-refractivity contribution < 1.29 is 23.8 Å². The van der Waals surface area contributed by atoms with Crippen molar-refractivity contribution in [2.75, 3.05) is 26.1 Å². The van der Waals surface area contributed by atoms with E-state index in [-0.39, 0.29) is 18.5 Å². The number of carbonyl (C=O) groups excluding carboxylic acids is 2. The molecule has 7 nitrogen and oxygen atoms in total. The van der Waals surface area contributed by atoms with Crippen LogP contribution in [0.5, 0.6) is 11.5 Å². The molecule has 1 saturated carbocycles. The second kappa shape index (κ2) is 8.18. The van der Waals surface area contributed by atoms with Crippen LogP contribution in [0, 0.1) is 5.92 Å². The summed E-state index contributed by atoms with van der Waals surface area (Å²) in [4.78, 5) is 28.0. The molecule has 1 aliphatic carbocycles. The summed E-state index contributed by atoms with van der Waals surface area (Å²) in [5.41, 5.74) is 1.55. The van der Waals surface area contributed by atoms with E-state index < -0.39 is 5.91 Å². The van der Waals surface area contributed by atoms with Gasteiger partial charge in [-0.2, -0.15) is 0 Å². The van der Waals surface area contributed by atoms with Gasteiger partial charge in [0, 0.05) is 10.9 Å². The molecule has 138 valence electrons. The predicted octanol–water partition coefficient (Wildman–Crippen LogP) is 3.11. The molecule has 0 aliphatic heterocycles. The first-order valence-corrected chi connectivity index (χ1v) is 9.13. The maximum atomic E-state index is 11.9. The summed E-state index contributed by atoms with van der Waals surface area (Å²) in [7, 11) is 3.14. The van der Waals surface area contributed by atoms with Gasteiger partial charge in [-0.3, -0.25) is 14.9 Å². The number of amides is 1. The van der Waals surface area contributed by atoms with Gasteiger partial charge in [-0.25, -0.2) is 4.98 Å². The van der Waals surface area contributed by atoms with Gasteiger partial charge in [0.05, 0.1) is 25.8 Å². The number of ether oxygens (including phenoxy) is 3. The zero-order valence-electron chi connectivity index (χ0n) is 14.6. The third-order valence-corrected chi connectivity index (χ3v) is 4.97. The number of hydrogen-bond donors (Lipinski definition) is 1. The molecule has 2 aromatic rings. The minimum absolute atomic E-state index is 0.0423. The average Bonchev–Trinajstić information content (AvgIpc) is 3.06. The fourth-order valence-electron chi connectivity index (χ4n) is 2.51. The summed E-state index contributed by atoms with van der Waals surface area (Å²) >= 11 is 1.30. The number of rotatable bonds is 7. The molecule has 8 heteroatoms. The Balaban J connectivity index is 1.59. The van der Waals surface area contributed by atoms with E-state index in [4.69, 9.17) is 14.2 Å². The fourth-order valence-corrected chi connectivity index (χ4v) is 3.25. The van der Waals surface area contributed by atoms with E-state index in [0.717, 1.165) is 24.8 Å². The van der Waals surface area contributed by atoms with Crippen LogP contribution >= 0.6 is 11.3 Å². The van der Waals surface area contributed by atoms with Gasteiger partial charge >= 0.3 is 5.97 Å². The van der Waals surface area contributed by atoms with Gasteiger partial charge in [-0.05, 0) is 31.0 Å². The number of hydrogen-bond acceptors (Lipinski definition) is 7. The standard InChI is InChI=1S/C18H20N2O5S/c1-23-14-7-6-12(8-15(14)24-2)13-10-26-18(19-13)20-16(21)9-25-17(22)11-4-3-5-11/h6-8,10-11H,3-5,9H2,1-2H3,(H,19,20,21). The van der Waals surface area contributed by atoms with Gasteiger partial charge in [0.15, 0.2) is 23.2 Å². The number of esters is 1. The van der Waals surface area contributed by atoms with Crippen LogP contribution in [0.4, 0.5) is 5.13 Å². The van der Waals surface area contributed by atoms with E-state index in [9.17, 15) is 9.59 Å². The second-order valence-electron chi connectivity index (χ2n) is 5.89. The van der Waals surface area contributed by atoms with E-state index >= 15 is 0 Å². The largest absolute Gasteiger partial charge is 0.493 e. The van der Waals surface area contributed by atoms with E-state index in [0.29, 0.717) is 22.3 Å². The minimum atomic E-state index is -0.397. The monoisotopic (exact) mass is 376 g/mol. The van der Waals surface area contributed by atoms with Crippen molar-refractivity contribution in [3.05, 3.63) is 23.6 Å². The number of methoxy groups -OCH3 is 2. The Kier molecular flexibility index (Phi) is 5.72. The number of nitrogens with zero attached hydrogens (tertiary/aromatic N) is 1. The summed E-state index contributed by atoms with van der Waals surface area (Å²) in [5, 5.41) is 4.92. The zero-order valence-corrected chi connectivity index (χ0v) is 15.4. The van der Waals surface area contributed by atoms with Crippen molar-refractivity contribution in [2.45, 2.75) is 19.3 Å². The molecule has 3 rings (SSSR count). The third-order valence-electron chi connectivity index (χ3n) is 4.21. The molecule has 0 saturated heterocycles. The Hall–Kier alpha value is -2.61. The normalized spacial score (nSPS) is 13.6. The summed E-state index contributed by atoms with van der Waals surface area (Å²) in [6, 6.07) is 5.48. The van der Waals surface area contributed by atoms with Gasteiger partial charge in [0.25, 0.3) is 5.91 Å². The number of nitrogens with one attached hydrogen (secondary N) is 1. The Labute approximate surface area is 155 Å². The van der Waals surface area contributed by atoms with E-state index in [1.54, 1.807) is 20.3 Å². The number of anilines is 1. The summed E-state index contributed by atoms with van der Waals surface area (Å²) in [6.45, 7) is -0.291. The molecule has 1 amide bonds. The lowest BCUT2D eigenvalue weighted by molar-refractivity contribution is -0.154. The molecule has 0 unspecified atom stereocenters. The molecule has 1 aromatic carbocycles. The Morgan fingerprint density at radius 2 is 2.00 bits per heavy atom. The summed E-state index contributed by atoms with van der Waals surface area (Å²) < 4.78 is 15.5. The molecule has 0 spiro atoms. The van der Waals surface area contributed by atoms with E-state index in [2.05, 4.69) is 10.3 Å². The SMILES string of the molecule is COc1ccc(-c2csc(NC(=O)COC(=O)C3CCC3)n2)cc1OC. The Morgan fingerprint density at radius 3 is 2.65 bits per heavy atom. The molecule has 1 aliphatic rings. The first-order valence-electron chi connectivity index (χ1n) is 8.25. The molecule has 1 fully saturated rings. The molecule has 0 radical (unpaired) electrons. The van der Waals surface area contributed by atoms with Gasteiger partial charge in [0.2, 0.25) is 0 Å². The third kappa shape index (κ3) is 4.13. The van der Waals surface area contributed by atoms with Gasteiger partial charge in [0.1, 0.15) is 0 Å². The lowest BCUT2D eigenvalue weighted by Crippen LogP contribution is -2.28. The number of carbonyl (C=O) groups is 2. The van der Waals surface area contributed by atoms with Crippen LogP contribution in [0.25, 0.3) is 11.3 Å². The second-order valence-corrected chi connectivity index (χ2v) is 6.75. The van der Waals surface area contributed by atoms with Crippen LogP contribution in [-0.2, 0) is 14.3 Å². The van der Waals surface area contributed by atoms with Crippen LogP contribution in [0.2, 0.25) is 0 Å². The van der Waals surface area contributed by atoms with E-state index in [1.165, 1.54) is 11.3 Å². The topological polar surface area (TPSA) is 86.8 Å². The van der Waals surface area contributed by atoms with Crippen LogP contribution in [0.1, 0.15) is 19.3 Å². The molecule has 1 heterocycles. The molecule has 1 N–H and O–H groups in total. The average molecular weight is 376 g/mol. The van der Waals surface area contributed by atoms with Crippen molar-refractivity contribution in [2.24, 2.45) is 5.92 Å². The highest BCUT2D eigenvalue weighted by Gasteiger charge is 2.27. The molecular formula is C18H20N2O5S. The smallest absolute Gasteiger partial charge is 0.309 e. The predicted molar refractivity (Wildman–Crippen MR) is 97.6 cm³/mol. The van der Waals surface area contributed by atoms with Crippen molar-refractivity contribution in [1.29, 1.82) is 0 Å². The van der Waals surface area contributed by atoms with Crippen molar-refractivity contribution in [1.82, 2.24) is 4.98 Å². The maximum Gasteiger partial charge on any atom is 0.309 e. The van der Waals surface area contributed by atoms with E-state index in [1.807, 2.05) is 17.5 Å². The van der Waals surface area contributed by atoms with Gasteiger partial charge < -0.3 is 14.2 Å². The maximum absolute atomic E-state index is 11.9. The van der Waals surface area contributed by atoms with Crippen molar-refractivity contribution in [3.63, 3.8) is 0 Å². The molecule has 0 atom stereocenters. The number of aromatic nitrogens is 1. The summed E-state index contributed by atoms with van der Waals surface area (Å²) in [5.74, 6) is 0.501. The number of benzene rings is 1. The van der Waals surface area contributed by atoms with Crippen LogP contribution in [0.15, 0.2) is 23.6 Å². The van der Waals surface area contributed by atoms with Crippen LogP contribution in [0.3, 0.4) is 0 Å². The van der Waals surface area contributed by atoms with Gasteiger partial charge in [-0.15, -0.1) is 11.3 Å². The van der Waals surface area contributed by atoms with Crippen molar-refractivity contribution >= 4 is 28.3 Å². The quantitative estimate of drug-likeness (QED) is 0.747. The molecular weight excluding hydrogens is 356 g/mol. The van der Waals surface area contributed by atoms with Crippen LogP contribution in [-0.4, -0.2) is 37.7 Å². The highest BCUT2D eigenvalue weighted by Crippen LogP contribution is 2.33.